The summed E-state index contributed by atoms with van der Waals surface area (Å²) in [7, 11) is 0. The van der Waals surface area contributed by atoms with Gasteiger partial charge in [0.25, 0.3) is 0 Å². The van der Waals surface area contributed by atoms with Crippen LogP contribution >= 0.6 is 11.3 Å². The number of aromatic nitrogens is 2. The molecule has 1 unspecified atom stereocenters. The third kappa shape index (κ3) is 2.55. The normalized spacial score (nSPS) is 12.4. The summed E-state index contributed by atoms with van der Waals surface area (Å²) < 4.78 is 12.6. The molecule has 3 nitrogen and oxygen atoms in total. The van der Waals surface area contributed by atoms with Crippen LogP contribution in [0.4, 0.5) is 10.3 Å². The minimum Gasteiger partial charge on any atom is -0.347 e. The summed E-state index contributed by atoms with van der Waals surface area (Å²) in [6.45, 7) is 4.09. The largest absolute Gasteiger partial charge is 0.347 e. The van der Waals surface area contributed by atoms with Crippen LogP contribution in [0.25, 0.3) is 0 Å². The third-order valence-corrected chi connectivity index (χ3v) is 3.34. The molecular weight excluding hydrogens is 225 g/mol. The zero-order valence-corrected chi connectivity index (χ0v) is 9.88. The maximum absolute atomic E-state index is 12.6. The first kappa shape index (κ1) is 11.0. The second-order valence-electron chi connectivity index (χ2n) is 3.54. The number of aryl methyl sites for hydroxylation is 1. The van der Waals surface area contributed by atoms with Crippen molar-refractivity contribution in [3.63, 3.8) is 0 Å². The van der Waals surface area contributed by atoms with Gasteiger partial charge in [-0.25, -0.2) is 14.4 Å². The van der Waals surface area contributed by atoms with E-state index >= 15 is 0 Å². The van der Waals surface area contributed by atoms with Gasteiger partial charge in [0.1, 0.15) is 0 Å². The average molecular weight is 237 g/mol. The SMILES string of the molecule is Cc1ccc(C(C)Nc2ncc(F)cn2)s1. The van der Waals surface area contributed by atoms with Gasteiger partial charge in [0.05, 0.1) is 18.4 Å². The Balaban J connectivity index is 2.07. The molecule has 0 aliphatic heterocycles. The van der Waals surface area contributed by atoms with Crippen LogP contribution in [0.5, 0.6) is 0 Å². The Morgan fingerprint density at radius 2 is 2.00 bits per heavy atom. The fourth-order valence-electron chi connectivity index (χ4n) is 1.34. The van der Waals surface area contributed by atoms with E-state index in [4.69, 9.17) is 0 Å². The zero-order chi connectivity index (χ0) is 11.5. The van der Waals surface area contributed by atoms with Gasteiger partial charge in [-0.1, -0.05) is 0 Å². The van der Waals surface area contributed by atoms with Crippen molar-refractivity contribution < 1.29 is 4.39 Å². The number of halogens is 1. The summed E-state index contributed by atoms with van der Waals surface area (Å²) in [6, 6.07) is 4.27. The van der Waals surface area contributed by atoms with Crippen LogP contribution in [0.3, 0.4) is 0 Å². The van der Waals surface area contributed by atoms with Gasteiger partial charge in [-0.3, -0.25) is 0 Å². The van der Waals surface area contributed by atoms with Gasteiger partial charge < -0.3 is 5.32 Å². The molecule has 16 heavy (non-hydrogen) atoms. The monoisotopic (exact) mass is 237 g/mol. The van der Waals surface area contributed by atoms with Crippen molar-refractivity contribution in [2.45, 2.75) is 19.9 Å². The third-order valence-electron chi connectivity index (χ3n) is 2.15. The van der Waals surface area contributed by atoms with E-state index in [9.17, 15) is 4.39 Å². The van der Waals surface area contributed by atoms with E-state index in [1.807, 2.05) is 6.92 Å². The topological polar surface area (TPSA) is 37.8 Å². The molecule has 2 heterocycles. The first-order valence-corrected chi connectivity index (χ1v) is 5.77. The molecule has 0 saturated carbocycles. The molecule has 5 heteroatoms. The van der Waals surface area contributed by atoms with Crippen molar-refractivity contribution in [2.75, 3.05) is 5.32 Å². The van der Waals surface area contributed by atoms with E-state index in [1.165, 1.54) is 9.75 Å². The van der Waals surface area contributed by atoms with Gasteiger partial charge in [-0.05, 0) is 26.0 Å². The molecule has 0 aliphatic carbocycles. The predicted molar refractivity (Wildman–Crippen MR) is 63.1 cm³/mol. The van der Waals surface area contributed by atoms with E-state index in [1.54, 1.807) is 11.3 Å². The zero-order valence-electron chi connectivity index (χ0n) is 9.07. The summed E-state index contributed by atoms with van der Waals surface area (Å²) >= 11 is 1.73. The Bertz CT molecular complexity index is 466. The van der Waals surface area contributed by atoms with Gasteiger partial charge in [0.2, 0.25) is 5.95 Å². The van der Waals surface area contributed by atoms with Crippen LogP contribution in [-0.4, -0.2) is 9.97 Å². The van der Waals surface area contributed by atoms with Crippen molar-refractivity contribution in [1.82, 2.24) is 9.97 Å². The molecule has 0 saturated heterocycles. The highest BCUT2D eigenvalue weighted by Gasteiger charge is 2.08. The maximum Gasteiger partial charge on any atom is 0.223 e. The lowest BCUT2D eigenvalue weighted by atomic mass is 10.3. The highest BCUT2D eigenvalue weighted by molar-refractivity contribution is 7.12. The molecule has 84 valence electrons. The lowest BCUT2D eigenvalue weighted by molar-refractivity contribution is 0.613. The van der Waals surface area contributed by atoms with Crippen molar-refractivity contribution in [1.29, 1.82) is 0 Å². The van der Waals surface area contributed by atoms with Gasteiger partial charge in [0.15, 0.2) is 5.82 Å². The van der Waals surface area contributed by atoms with Crippen LogP contribution in [0.2, 0.25) is 0 Å². The molecule has 0 bridgehead atoms. The number of hydrogen-bond donors (Lipinski definition) is 1. The Hall–Kier alpha value is -1.49. The molecule has 0 aromatic carbocycles. The Labute approximate surface area is 97.4 Å². The second kappa shape index (κ2) is 4.57. The second-order valence-corrected chi connectivity index (χ2v) is 4.86. The van der Waals surface area contributed by atoms with Crippen molar-refractivity contribution in [2.24, 2.45) is 0 Å². The van der Waals surface area contributed by atoms with Crippen molar-refractivity contribution in [3.05, 3.63) is 40.1 Å². The molecule has 2 aromatic rings. The molecule has 1 atom stereocenters. The molecule has 0 amide bonds. The number of nitrogens with zero attached hydrogens (tertiary/aromatic N) is 2. The quantitative estimate of drug-likeness (QED) is 0.891. The van der Waals surface area contributed by atoms with E-state index in [0.29, 0.717) is 5.95 Å². The van der Waals surface area contributed by atoms with E-state index in [0.717, 1.165) is 12.4 Å². The number of anilines is 1. The molecule has 0 radical (unpaired) electrons. The summed E-state index contributed by atoms with van der Waals surface area (Å²) in [5.41, 5.74) is 0. The van der Waals surface area contributed by atoms with Crippen molar-refractivity contribution >= 4 is 17.3 Å². The lowest BCUT2D eigenvalue weighted by Crippen LogP contribution is -2.07. The number of hydrogen-bond acceptors (Lipinski definition) is 4. The highest BCUT2D eigenvalue weighted by atomic mass is 32.1. The minimum absolute atomic E-state index is 0.129. The predicted octanol–water partition coefficient (Wildman–Crippen LogP) is 3.16. The van der Waals surface area contributed by atoms with Crippen LogP contribution in [0, 0.1) is 12.7 Å². The Kier molecular flexibility index (Phi) is 3.14. The van der Waals surface area contributed by atoms with Gasteiger partial charge >= 0.3 is 0 Å². The summed E-state index contributed by atoms with van der Waals surface area (Å²) in [5.74, 6) is 0.0186. The summed E-state index contributed by atoms with van der Waals surface area (Å²) in [5, 5.41) is 3.12. The van der Waals surface area contributed by atoms with E-state index in [2.05, 4.69) is 34.3 Å². The average Bonchev–Trinajstić information content (AvgIpc) is 2.68. The standard InChI is InChI=1S/C11H12FN3S/c1-7-3-4-10(16-7)8(2)15-11-13-5-9(12)6-14-11/h3-6,8H,1-2H3,(H,13,14,15). The van der Waals surface area contributed by atoms with Crippen molar-refractivity contribution in [3.8, 4) is 0 Å². The minimum atomic E-state index is -0.426. The first-order valence-electron chi connectivity index (χ1n) is 4.95. The molecule has 0 aliphatic rings. The smallest absolute Gasteiger partial charge is 0.223 e. The van der Waals surface area contributed by atoms with Gasteiger partial charge in [-0.15, -0.1) is 11.3 Å². The molecular formula is C11H12FN3S. The van der Waals surface area contributed by atoms with Gasteiger partial charge in [-0.2, -0.15) is 0 Å². The highest BCUT2D eigenvalue weighted by Crippen LogP contribution is 2.24. The first-order chi connectivity index (χ1) is 7.65. The Morgan fingerprint density at radius 1 is 1.31 bits per heavy atom. The maximum atomic E-state index is 12.6. The number of rotatable bonds is 3. The van der Waals surface area contributed by atoms with Crippen LogP contribution in [0.1, 0.15) is 22.7 Å². The Morgan fingerprint density at radius 3 is 2.56 bits per heavy atom. The van der Waals surface area contributed by atoms with Crippen LogP contribution < -0.4 is 5.32 Å². The molecule has 2 aromatic heterocycles. The number of nitrogens with one attached hydrogen (secondary N) is 1. The van der Waals surface area contributed by atoms with Crippen LogP contribution in [-0.2, 0) is 0 Å². The van der Waals surface area contributed by atoms with Gasteiger partial charge in [0, 0.05) is 9.75 Å². The molecule has 0 fully saturated rings. The van der Waals surface area contributed by atoms with Crippen LogP contribution in [0.15, 0.2) is 24.5 Å². The number of thiophene rings is 1. The molecule has 2 rings (SSSR count). The lowest BCUT2D eigenvalue weighted by Gasteiger charge is -2.11. The molecule has 0 spiro atoms. The van der Waals surface area contributed by atoms with E-state index < -0.39 is 5.82 Å². The molecule has 1 N–H and O–H groups in total. The van der Waals surface area contributed by atoms with E-state index in [-0.39, 0.29) is 6.04 Å². The fraction of sp³-hybridized carbons (Fsp3) is 0.273. The summed E-state index contributed by atoms with van der Waals surface area (Å²) in [4.78, 5) is 10.2. The fourth-order valence-corrected chi connectivity index (χ4v) is 2.22. The summed E-state index contributed by atoms with van der Waals surface area (Å²) in [6.07, 6.45) is 2.31.